The van der Waals surface area contributed by atoms with Crippen LogP contribution in [0.15, 0.2) is 34.2 Å². The lowest BCUT2D eigenvalue weighted by molar-refractivity contribution is -0.115. The Balaban J connectivity index is 1.46. The number of aromatic nitrogens is 2. The van der Waals surface area contributed by atoms with E-state index in [1.165, 1.54) is 16.6 Å². The Hall–Kier alpha value is -2.45. The molecule has 6 nitrogen and oxygen atoms in total. The maximum atomic E-state index is 12.7. The summed E-state index contributed by atoms with van der Waals surface area (Å²) < 4.78 is 0. The van der Waals surface area contributed by atoms with Crippen LogP contribution in [0.2, 0.25) is 0 Å². The molecule has 2 heterocycles. The Kier molecular flexibility index (Phi) is 6.06. The molecule has 0 saturated carbocycles. The second kappa shape index (κ2) is 8.73. The highest BCUT2D eigenvalue weighted by molar-refractivity contribution is 7.99. The Morgan fingerprint density at radius 2 is 2.07 bits per heavy atom. The van der Waals surface area contributed by atoms with Crippen molar-refractivity contribution in [1.29, 1.82) is 0 Å². The molecule has 1 aliphatic rings. The van der Waals surface area contributed by atoms with Crippen molar-refractivity contribution in [2.24, 2.45) is 5.92 Å². The monoisotopic (exact) mass is 441 g/mol. The number of thiophene rings is 1. The average molecular weight is 442 g/mol. The number of H-pyrrole nitrogens is 1. The highest BCUT2D eigenvalue weighted by Gasteiger charge is 2.23. The summed E-state index contributed by atoms with van der Waals surface area (Å²) in [5, 5.41) is 3.95. The van der Waals surface area contributed by atoms with Crippen molar-refractivity contribution in [3.05, 3.63) is 50.6 Å². The topological polar surface area (TPSA) is 91.9 Å². The molecule has 0 bridgehead atoms. The van der Waals surface area contributed by atoms with Crippen molar-refractivity contribution in [1.82, 2.24) is 9.97 Å². The van der Waals surface area contributed by atoms with E-state index < -0.39 is 0 Å². The predicted molar refractivity (Wildman–Crippen MR) is 122 cm³/mol. The number of aryl methyl sites for hydroxylation is 1. The first-order valence-corrected chi connectivity index (χ1v) is 11.8. The van der Waals surface area contributed by atoms with Gasteiger partial charge in [-0.1, -0.05) is 25.6 Å². The van der Waals surface area contributed by atoms with E-state index in [9.17, 15) is 14.4 Å². The van der Waals surface area contributed by atoms with E-state index in [-0.39, 0.29) is 23.0 Å². The third kappa shape index (κ3) is 4.34. The number of benzene rings is 1. The van der Waals surface area contributed by atoms with E-state index in [1.54, 1.807) is 42.5 Å². The SMILES string of the molecule is CCC(=O)Nc1ccc(C(=O)CSc2nc3sc4c(c3c(=O)[nH]2)CCC(C)C4)cc1. The molecular weight excluding hydrogens is 418 g/mol. The second-order valence-corrected chi connectivity index (χ2v) is 9.64. The Bertz CT molecular complexity index is 1160. The van der Waals surface area contributed by atoms with Gasteiger partial charge in [0.2, 0.25) is 5.91 Å². The van der Waals surface area contributed by atoms with Crippen molar-refractivity contribution in [3.63, 3.8) is 0 Å². The first kappa shape index (κ1) is 20.8. The van der Waals surface area contributed by atoms with Crippen LogP contribution in [0.25, 0.3) is 10.2 Å². The van der Waals surface area contributed by atoms with E-state index >= 15 is 0 Å². The molecule has 156 valence electrons. The van der Waals surface area contributed by atoms with Crippen LogP contribution >= 0.6 is 23.1 Å². The normalized spacial score (nSPS) is 15.7. The third-order valence-corrected chi connectivity index (χ3v) is 7.32. The highest BCUT2D eigenvalue weighted by Crippen LogP contribution is 2.36. The number of Topliss-reactive ketones (excluding diaryl/α,β-unsaturated/α-hetero) is 1. The lowest BCUT2D eigenvalue weighted by Crippen LogP contribution is -2.14. The van der Waals surface area contributed by atoms with Crippen LogP contribution in [-0.4, -0.2) is 27.4 Å². The molecule has 0 saturated heterocycles. The summed E-state index contributed by atoms with van der Waals surface area (Å²) in [4.78, 5) is 46.1. The quantitative estimate of drug-likeness (QED) is 0.335. The van der Waals surface area contributed by atoms with Crippen molar-refractivity contribution in [2.75, 3.05) is 11.1 Å². The summed E-state index contributed by atoms with van der Waals surface area (Å²) in [5.74, 6) is 0.685. The molecular formula is C22H23N3O3S2. The number of nitrogens with zero attached hydrogens (tertiary/aromatic N) is 1. The number of rotatable bonds is 6. The fourth-order valence-electron chi connectivity index (χ4n) is 3.60. The van der Waals surface area contributed by atoms with Crippen LogP contribution in [0.5, 0.6) is 0 Å². The molecule has 2 aromatic heterocycles. The molecule has 1 aromatic carbocycles. The number of aromatic amines is 1. The van der Waals surface area contributed by atoms with E-state index in [0.717, 1.165) is 35.0 Å². The third-order valence-electron chi connectivity index (χ3n) is 5.30. The minimum Gasteiger partial charge on any atom is -0.326 e. The first-order chi connectivity index (χ1) is 14.4. The maximum absolute atomic E-state index is 12.7. The van der Waals surface area contributed by atoms with Gasteiger partial charge in [-0.15, -0.1) is 11.3 Å². The molecule has 1 amide bonds. The number of anilines is 1. The first-order valence-electron chi connectivity index (χ1n) is 10.0. The smallest absolute Gasteiger partial charge is 0.260 e. The number of thioether (sulfide) groups is 1. The number of hydrogen-bond acceptors (Lipinski definition) is 6. The van der Waals surface area contributed by atoms with Crippen molar-refractivity contribution in [3.8, 4) is 0 Å². The summed E-state index contributed by atoms with van der Waals surface area (Å²) in [6.07, 6.45) is 3.44. The zero-order valence-corrected chi connectivity index (χ0v) is 18.5. The van der Waals surface area contributed by atoms with Crippen LogP contribution in [-0.2, 0) is 17.6 Å². The molecule has 2 N–H and O–H groups in total. The number of carbonyl (C=O) groups is 2. The minimum absolute atomic E-state index is 0.0598. The molecule has 0 spiro atoms. The van der Waals surface area contributed by atoms with Gasteiger partial charge in [0.1, 0.15) is 4.83 Å². The zero-order chi connectivity index (χ0) is 21.3. The molecule has 1 unspecified atom stereocenters. The van der Waals surface area contributed by atoms with E-state index in [4.69, 9.17) is 0 Å². The average Bonchev–Trinajstić information content (AvgIpc) is 3.10. The molecule has 0 aliphatic heterocycles. The van der Waals surface area contributed by atoms with Gasteiger partial charge in [0.25, 0.3) is 5.56 Å². The van der Waals surface area contributed by atoms with Gasteiger partial charge in [-0.25, -0.2) is 4.98 Å². The number of hydrogen-bond donors (Lipinski definition) is 2. The highest BCUT2D eigenvalue weighted by atomic mass is 32.2. The molecule has 30 heavy (non-hydrogen) atoms. The van der Waals surface area contributed by atoms with E-state index in [1.807, 2.05) is 0 Å². The summed E-state index contributed by atoms with van der Waals surface area (Å²) in [6.45, 7) is 4.02. The number of fused-ring (bicyclic) bond motifs is 3. The van der Waals surface area contributed by atoms with E-state index in [2.05, 4.69) is 22.2 Å². The fourth-order valence-corrected chi connectivity index (χ4v) is 5.80. The largest absolute Gasteiger partial charge is 0.326 e. The number of carbonyl (C=O) groups excluding carboxylic acids is 2. The minimum atomic E-state index is -0.113. The lowest BCUT2D eigenvalue weighted by atomic mass is 9.89. The van der Waals surface area contributed by atoms with Gasteiger partial charge in [-0.2, -0.15) is 0 Å². The Morgan fingerprint density at radius 1 is 1.30 bits per heavy atom. The number of amides is 1. The van der Waals surface area contributed by atoms with E-state index in [0.29, 0.717) is 28.7 Å². The molecule has 0 radical (unpaired) electrons. The summed E-state index contributed by atoms with van der Waals surface area (Å²) >= 11 is 2.84. The van der Waals surface area contributed by atoms with Crippen molar-refractivity contribution >= 4 is 50.7 Å². The fraction of sp³-hybridized carbons (Fsp3) is 0.364. The van der Waals surface area contributed by atoms with Crippen molar-refractivity contribution < 1.29 is 9.59 Å². The second-order valence-electron chi connectivity index (χ2n) is 7.59. The Labute approximate surface area is 182 Å². The summed E-state index contributed by atoms with van der Waals surface area (Å²) in [6, 6.07) is 6.83. The van der Waals surface area contributed by atoms with Gasteiger partial charge in [0.15, 0.2) is 10.9 Å². The van der Waals surface area contributed by atoms with Gasteiger partial charge in [0, 0.05) is 22.5 Å². The standard InChI is InChI=1S/C22H23N3O3S2/c1-3-18(27)23-14-7-5-13(6-8-14)16(26)11-29-22-24-20(28)19-15-9-4-12(2)10-17(15)30-21(19)25-22/h5-8,12H,3-4,9-11H2,1-2H3,(H,23,27)(H,24,25,28). The number of ketones is 1. The summed E-state index contributed by atoms with van der Waals surface area (Å²) in [5.41, 5.74) is 2.27. The lowest BCUT2D eigenvalue weighted by Gasteiger charge is -2.17. The van der Waals surface area contributed by atoms with Gasteiger partial charge in [0.05, 0.1) is 11.1 Å². The van der Waals surface area contributed by atoms with Gasteiger partial charge >= 0.3 is 0 Å². The van der Waals surface area contributed by atoms with Crippen molar-refractivity contribution in [2.45, 2.75) is 44.7 Å². The van der Waals surface area contributed by atoms with Crippen LogP contribution in [0.4, 0.5) is 5.69 Å². The van der Waals surface area contributed by atoms with Crippen LogP contribution in [0.3, 0.4) is 0 Å². The van der Waals surface area contributed by atoms with Crippen LogP contribution in [0, 0.1) is 5.92 Å². The van der Waals surface area contributed by atoms with Crippen LogP contribution in [0.1, 0.15) is 47.5 Å². The zero-order valence-electron chi connectivity index (χ0n) is 16.9. The predicted octanol–water partition coefficient (Wildman–Crippen LogP) is 4.43. The van der Waals surface area contributed by atoms with Gasteiger partial charge in [-0.3, -0.25) is 14.4 Å². The van der Waals surface area contributed by atoms with Gasteiger partial charge in [-0.05, 0) is 55.0 Å². The van der Waals surface area contributed by atoms with Gasteiger partial charge < -0.3 is 10.3 Å². The molecule has 3 aromatic rings. The molecule has 4 rings (SSSR count). The number of nitrogens with one attached hydrogen (secondary N) is 2. The molecule has 8 heteroatoms. The summed E-state index contributed by atoms with van der Waals surface area (Å²) in [7, 11) is 0. The van der Waals surface area contributed by atoms with Crippen LogP contribution < -0.4 is 10.9 Å². The molecule has 1 atom stereocenters. The molecule has 0 fully saturated rings. The Morgan fingerprint density at radius 3 is 2.80 bits per heavy atom. The molecule has 1 aliphatic carbocycles. The maximum Gasteiger partial charge on any atom is 0.260 e.